The van der Waals surface area contributed by atoms with Crippen LogP contribution in [-0.4, -0.2) is 38.1 Å². The summed E-state index contributed by atoms with van der Waals surface area (Å²) in [4.78, 5) is 10.3. The number of carbonyl (C=O) groups is 1. The lowest BCUT2D eigenvalue weighted by Gasteiger charge is -2.30. The van der Waals surface area contributed by atoms with E-state index in [9.17, 15) is 4.79 Å². The summed E-state index contributed by atoms with van der Waals surface area (Å²) in [6, 6.07) is 12.4. The van der Waals surface area contributed by atoms with Gasteiger partial charge in [0.2, 0.25) is 6.41 Å². The molecule has 0 aliphatic rings. The van der Waals surface area contributed by atoms with E-state index in [1.165, 1.54) is 10.9 Å². The standard InChI is InChI=1S/C17H23N3O/c1-20(2,11-5-10-19-13-21)12-14-6-3-8-16-15(14)7-4-9-17(16)18/h3-4,6-9,13H,5,10-12,18H2,1-2H3/p+1. The van der Waals surface area contributed by atoms with Crippen molar-refractivity contribution in [2.75, 3.05) is 32.9 Å². The van der Waals surface area contributed by atoms with Gasteiger partial charge in [-0.2, -0.15) is 0 Å². The van der Waals surface area contributed by atoms with Gasteiger partial charge in [-0.15, -0.1) is 0 Å². The fraction of sp³-hybridized carbons (Fsp3) is 0.353. The molecule has 0 spiro atoms. The van der Waals surface area contributed by atoms with E-state index < -0.39 is 0 Å². The Hall–Kier alpha value is -2.07. The van der Waals surface area contributed by atoms with E-state index in [-0.39, 0.29) is 0 Å². The summed E-state index contributed by atoms with van der Waals surface area (Å²) in [6.07, 6.45) is 1.73. The first-order valence-electron chi connectivity index (χ1n) is 7.29. The van der Waals surface area contributed by atoms with Crippen molar-refractivity contribution in [3.63, 3.8) is 0 Å². The van der Waals surface area contributed by atoms with Crippen molar-refractivity contribution >= 4 is 22.9 Å². The Kier molecular flexibility index (Phi) is 4.81. The largest absolute Gasteiger partial charge is 0.398 e. The second kappa shape index (κ2) is 6.59. The van der Waals surface area contributed by atoms with Gasteiger partial charge in [-0.3, -0.25) is 4.79 Å². The Bertz CT molecular complexity index is 622. The van der Waals surface area contributed by atoms with Crippen LogP contribution in [0.15, 0.2) is 36.4 Å². The van der Waals surface area contributed by atoms with Gasteiger partial charge in [0.25, 0.3) is 0 Å². The molecule has 4 nitrogen and oxygen atoms in total. The van der Waals surface area contributed by atoms with E-state index in [1.807, 2.05) is 12.1 Å². The number of fused-ring (bicyclic) bond motifs is 1. The van der Waals surface area contributed by atoms with Crippen LogP contribution in [0.2, 0.25) is 0 Å². The number of carbonyl (C=O) groups excluding carboxylic acids is 1. The quantitative estimate of drug-likeness (QED) is 0.354. The van der Waals surface area contributed by atoms with Crippen LogP contribution < -0.4 is 11.1 Å². The summed E-state index contributed by atoms with van der Waals surface area (Å²) < 4.78 is 0.883. The number of rotatable bonds is 7. The molecule has 0 aliphatic carbocycles. The van der Waals surface area contributed by atoms with Crippen LogP contribution in [0, 0.1) is 0 Å². The Balaban J connectivity index is 2.15. The van der Waals surface area contributed by atoms with Gasteiger partial charge in [0, 0.05) is 29.6 Å². The average Bonchev–Trinajstić information content (AvgIpc) is 2.45. The molecular formula is C17H24N3O+. The minimum Gasteiger partial charge on any atom is -0.398 e. The number of hydrogen-bond acceptors (Lipinski definition) is 2. The SMILES string of the molecule is C[N+](C)(CCCNC=O)Cc1cccc2c(N)cccc12. The smallest absolute Gasteiger partial charge is 0.207 e. The zero-order valence-electron chi connectivity index (χ0n) is 12.8. The minimum atomic E-state index is 0.730. The normalized spacial score (nSPS) is 11.5. The molecule has 2 aromatic carbocycles. The van der Waals surface area contributed by atoms with Gasteiger partial charge in [-0.25, -0.2) is 0 Å². The Morgan fingerprint density at radius 3 is 2.62 bits per heavy atom. The molecule has 0 aliphatic heterocycles. The van der Waals surface area contributed by atoms with Crippen LogP contribution in [0.3, 0.4) is 0 Å². The van der Waals surface area contributed by atoms with Gasteiger partial charge in [0.1, 0.15) is 6.54 Å². The van der Waals surface area contributed by atoms with Crippen molar-refractivity contribution in [2.45, 2.75) is 13.0 Å². The van der Waals surface area contributed by atoms with Crippen LogP contribution in [0.4, 0.5) is 5.69 Å². The van der Waals surface area contributed by atoms with Crippen LogP contribution in [0.1, 0.15) is 12.0 Å². The van der Waals surface area contributed by atoms with E-state index in [1.54, 1.807) is 0 Å². The van der Waals surface area contributed by atoms with Crippen LogP contribution >= 0.6 is 0 Å². The lowest BCUT2D eigenvalue weighted by Crippen LogP contribution is -2.40. The summed E-state index contributed by atoms with van der Waals surface area (Å²) in [5.41, 5.74) is 8.20. The van der Waals surface area contributed by atoms with Gasteiger partial charge in [0.05, 0.1) is 20.6 Å². The van der Waals surface area contributed by atoms with Crippen molar-refractivity contribution in [1.82, 2.24) is 5.32 Å². The predicted molar refractivity (Wildman–Crippen MR) is 87.7 cm³/mol. The highest BCUT2D eigenvalue weighted by Crippen LogP contribution is 2.25. The molecule has 3 N–H and O–H groups in total. The van der Waals surface area contributed by atoms with E-state index >= 15 is 0 Å². The summed E-state index contributed by atoms with van der Waals surface area (Å²) in [5.74, 6) is 0. The molecule has 0 saturated carbocycles. The third kappa shape index (κ3) is 3.95. The zero-order valence-corrected chi connectivity index (χ0v) is 12.8. The summed E-state index contributed by atoms with van der Waals surface area (Å²) in [7, 11) is 4.43. The maximum Gasteiger partial charge on any atom is 0.207 e. The number of amides is 1. The molecule has 0 bridgehead atoms. The Labute approximate surface area is 126 Å². The highest BCUT2D eigenvalue weighted by Gasteiger charge is 2.17. The molecule has 0 fully saturated rings. The van der Waals surface area contributed by atoms with E-state index in [4.69, 9.17) is 5.73 Å². The molecule has 0 atom stereocenters. The maximum absolute atomic E-state index is 10.3. The summed E-state index contributed by atoms with van der Waals surface area (Å²) >= 11 is 0. The van der Waals surface area contributed by atoms with E-state index in [2.05, 4.69) is 43.7 Å². The predicted octanol–water partition coefficient (Wildman–Crippen LogP) is 2.13. The van der Waals surface area contributed by atoms with Crippen LogP contribution in [0.25, 0.3) is 10.8 Å². The third-order valence-electron chi connectivity index (χ3n) is 3.81. The monoisotopic (exact) mass is 286 g/mol. The second-order valence-electron chi connectivity index (χ2n) is 6.10. The molecule has 0 unspecified atom stereocenters. The highest BCUT2D eigenvalue weighted by atomic mass is 16.1. The van der Waals surface area contributed by atoms with E-state index in [0.29, 0.717) is 0 Å². The Morgan fingerprint density at radius 2 is 1.86 bits per heavy atom. The molecular weight excluding hydrogens is 262 g/mol. The fourth-order valence-corrected chi connectivity index (χ4v) is 2.75. The first-order valence-corrected chi connectivity index (χ1v) is 7.29. The zero-order chi connectivity index (χ0) is 15.3. The second-order valence-corrected chi connectivity index (χ2v) is 6.10. The number of nitrogens with two attached hydrogens (primary N) is 1. The lowest BCUT2D eigenvalue weighted by molar-refractivity contribution is -0.903. The maximum atomic E-state index is 10.3. The molecule has 0 heterocycles. The minimum absolute atomic E-state index is 0.730. The van der Waals surface area contributed by atoms with Crippen molar-refractivity contribution in [3.05, 3.63) is 42.0 Å². The van der Waals surface area contributed by atoms with Crippen molar-refractivity contribution in [3.8, 4) is 0 Å². The number of nitrogen functional groups attached to an aromatic ring is 1. The molecule has 0 radical (unpaired) electrons. The molecule has 4 heteroatoms. The molecule has 0 aromatic heterocycles. The number of nitrogens with zero attached hydrogens (tertiary/aromatic N) is 1. The highest BCUT2D eigenvalue weighted by molar-refractivity contribution is 5.94. The summed E-state index contributed by atoms with van der Waals surface area (Å²) in [6.45, 7) is 2.69. The molecule has 112 valence electrons. The summed E-state index contributed by atoms with van der Waals surface area (Å²) in [5, 5.41) is 5.07. The molecule has 2 aromatic rings. The van der Waals surface area contributed by atoms with Crippen molar-refractivity contribution < 1.29 is 9.28 Å². The fourth-order valence-electron chi connectivity index (χ4n) is 2.75. The van der Waals surface area contributed by atoms with Gasteiger partial charge in [-0.1, -0.05) is 30.3 Å². The van der Waals surface area contributed by atoms with Crippen molar-refractivity contribution in [2.24, 2.45) is 0 Å². The van der Waals surface area contributed by atoms with Gasteiger partial charge in [-0.05, 0) is 11.5 Å². The molecule has 21 heavy (non-hydrogen) atoms. The first kappa shape index (κ1) is 15.3. The third-order valence-corrected chi connectivity index (χ3v) is 3.81. The first-order chi connectivity index (χ1) is 10.0. The number of benzene rings is 2. The van der Waals surface area contributed by atoms with Crippen molar-refractivity contribution in [1.29, 1.82) is 0 Å². The average molecular weight is 286 g/mol. The van der Waals surface area contributed by atoms with E-state index in [0.717, 1.165) is 48.0 Å². The molecule has 0 saturated heterocycles. The Morgan fingerprint density at radius 1 is 1.14 bits per heavy atom. The van der Waals surface area contributed by atoms with Gasteiger partial charge in [0.15, 0.2) is 0 Å². The number of quaternary nitrogens is 1. The van der Waals surface area contributed by atoms with Gasteiger partial charge >= 0.3 is 0 Å². The van der Waals surface area contributed by atoms with Gasteiger partial charge < -0.3 is 15.5 Å². The lowest BCUT2D eigenvalue weighted by atomic mass is 10.0. The molecule has 2 rings (SSSR count). The van der Waals surface area contributed by atoms with Crippen LogP contribution in [-0.2, 0) is 11.3 Å². The molecule has 1 amide bonds. The number of nitrogens with one attached hydrogen (secondary N) is 1. The number of anilines is 1. The van der Waals surface area contributed by atoms with Crippen LogP contribution in [0.5, 0.6) is 0 Å². The topological polar surface area (TPSA) is 55.1 Å². The number of hydrogen-bond donors (Lipinski definition) is 2.